The van der Waals surface area contributed by atoms with Gasteiger partial charge >= 0.3 is 0 Å². The highest BCUT2D eigenvalue weighted by Gasteiger charge is 2.37. The second kappa shape index (κ2) is 5.65. The Morgan fingerprint density at radius 1 is 1.17 bits per heavy atom. The van der Waals surface area contributed by atoms with Gasteiger partial charge in [-0.3, -0.25) is 0 Å². The molecule has 23 heavy (non-hydrogen) atoms. The Labute approximate surface area is 136 Å². The highest BCUT2D eigenvalue weighted by atomic mass is 16.5. The summed E-state index contributed by atoms with van der Waals surface area (Å²) >= 11 is 0. The van der Waals surface area contributed by atoms with Gasteiger partial charge < -0.3 is 15.2 Å². The number of phenols is 1. The van der Waals surface area contributed by atoms with Crippen LogP contribution >= 0.6 is 0 Å². The minimum atomic E-state index is 0.280. The molecule has 3 nitrogen and oxygen atoms in total. The van der Waals surface area contributed by atoms with Gasteiger partial charge in [-0.1, -0.05) is 24.3 Å². The van der Waals surface area contributed by atoms with Gasteiger partial charge in [-0.2, -0.15) is 0 Å². The molecule has 0 aromatic heterocycles. The average Bonchev–Trinajstić information content (AvgIpc) is 3.05. The van der Waals surface area contributed by atoms with Gasteiger partial charge in [-0.15, -0.1) is 0 Å². The topological polar surface area (TPSA) is 41.5 Å². The Morgan fingerprint density at radius 3 is 2.78 bits per heavy atom. The van der Waals surface area contributed by atoms with Crippen LogP contribution in [0, 0.1) is 5.92 Å². The van der Waals surface area contributed by atoms with Crippen LogP contribution in [0.3, 0.4) is 0 Å². The smallest absolute Gasteiger partial charge is 0.119 e. The fourth-order valence-corrected chi connectivity index (χ4v) is 3.85. The first-order valence-corrected chi connectivity index (χ1v) is 8.25. The second-order valence-electron chi connectivity index (χ2n) is 6.25. The molecule has 1 aliphatic carbocycles. The molecule has 4 rings (SSSR count). The SMILES string of the molecule is CCOc1ccc(C2Nc3ccc(O)cc3C3C=CCC32)cc1. The van der Waals surface area contributed by atoms with Crippen molar-refractivity contribution in [2.24, 2.45) is 5.92 Å². The maximum absolute atomic E-state index is 9.81. The first kappa shape index (κ1) is 14.2. The van der Waals surface area contributed by atoms with Gasteiger partial charge in [0, 0.05) is 11.6 Å². The van der Waals surface area contributed by atoms with Crippen LogP contribution in [0.15, 0.2) is 54.6 Å². The van der Waals surface area contributed by atoms with Gasteiger partial charge in [-0.05, 0) is 60.7 Å². The number of hydrogen-bond acceptors (Lipinski definition) is 3. The van der Waals surface area contributed by atoms with Crippen molar-refractivity contribution < 1.29 is 9.84 Å². The third-order valence-corrected chi connectivity index (χ3v) is 4.90. The lowest BCUT2D eigenvalue weighted by molar-refractivity contribution is 0.340. The molecule has 0 radical (unpaired) electrons. The number of hydrogen-bond donors (Lipinski definition) is 2. The maximum atomic E-state index is 9.81. The summed E-state index contributed by atoms with van der Waals surface area (Å²) in [7, 11) is 0. The van der Waals surface area contributed by atoms with Gasteiger partial charge in [0.2, 0.25) is 0 Å². The Balaban J connectivity index is 1.69. The lowest BCUT2D eigenvalue weighted by Crippen LogP contribution is -2.28. The van der Waals surface area contributed by atoms with Crippen LogP contribution in [-0.2, 0) is 0 Å². The highest BCUT2D eigenvalue weighted by Crippen LogP contribution is 2.50. The third kappa shape index (κ3) is 2.46. The van der Waals surface area contributed by atoms with E-state index >= 15 is 0 Å². The van der Waals surface area contributed by atoms with E-state index in [0.717, 1.165) is 17.9 Å². The summed E-state index contributed by atoms with van der Waals surface area (Å²) in [6.45, 7) is 2.68. The molecule has 3 atom stereocenters. The number of phenolic OH excluding ortho intramolecular Hbond substituents is 1. The fourth-order valence-electron chi connectivity index (χ4n) is 3.85. The summed E-state index contributed by atoms with van der Waals surface area (Å²) in [5, 5.41) is 13.5. The number of aromatic hydroxyl groups is 1. The largest absolute Gasteiger partial charge is 0.508 e. The first-order valence-electron chi connectivity index (χ1n) is 8.25. The molecule has 118 valence electrons. The predicted octanol–water partition coefficient (Wildman–Crippen LogP) is 4.62. The van der Waals surface area contributed by atoms with Crippen molar-refractivity contribution in [2.75, 3.05) is 11.9 Å². The minimum Gasteiger partial charge on any atom is -0.508 e. The zero-order chi connectivity index (χ0) is 15.8. The molecule has 1 heterocycles. The van der Waals surface area contributed by atoms with Crippen LogP contribution in [0.2, 0.25) is 0 Å². The third-order valence-electron chi connectivity index (χ3n) is 4.90. The summed E-state index contributed by atoms with van der Waals surface area (Å²) in [6, 6.07) is 14.3. The van der Waals surface area contributed by atoms with Gasteiger partial charge in [0.05, 0.1) is 12.6 Å². The number of allylic oxidation sites excluding steroid dienone is 2. The van der Waals surface area contributed by atoms with Crippen LogP contribution in [0.25, 0.3) is 0 Å². The summed E-state index contributed by atoms with van der Waals surface area (Å²) in [6.07, 6.45) is 5.60. The molecular formula is C20H21NO2. The van der Waals surface area contributed by atoms with E-state index in [1.54, 1.807) is 6.07 Å². The number of benzene rings is 2. The number of nitrogens with one attached hydrogen (secondary N) is 1. The first-order chi connectivity index (χ1) is 11.3. The molecule has 0 saturated heterocycles. The molecule has 0 spiro atoms. The fraction of sp³-hybridized carbons (Fsp3) is 0.300. The lowest BCUT2D eigenvalue weighted by atomic mass is 9.77. The van der Waals surface area contributed by atoms with Gasteiger partial charge in [0.1, 0.15) is 11.5 Å². The zero-order valence-corrected chi connectivity index (χ0v) is 13.2. The molecule has 2 aromatic rings. The molecule has 3 unspecified atom stereocenters. The molecular weight excluding hydrogens is 286 g/mol. The number of fused-ring (bicyclic) bond motifs is 3. The summed E-state index contributed by atoms with van der Waals surface area (Å²) in [4.78, 5) is 0. The maximum Gasteiger partial charge on any atom is 0.119 e. The van der Waals surface area contributed by atoms with Crippen molar-refractivity contribution in [3.63, 3.8) is 0 Å². The molecule has 2 N–H and O–H groups in total. The summed E-state index contributed by atoms with van der Waals surface area (Å²) < 4.78 is 5.54. The summed E-state index contributed by atoms with van der Waals surface area (Å²) in [5.74, 6) is 2.11. The highest BCUT2D eigenvalue weighted by molar-refractivity contribution is 5.61. The van der Waals surface area contributed by atoms with Crippen LogP contribution < -0.4 is 10.1 Å². The van der Waals surface area contributed by atoms with Crippen molar-refractivity contribution in [2.45, 2.75) is 25.3 Å². The molecule has 0 amide bonds. The van der Waals surface area contributed by atoms with Gasteiger partial charge in [0.15, 0.2) is 0 Å². The van der Waals surface area contributed by atoms with Gasteiger partial charge in [-0.25, -0.2) is 0 Å². The van der Waals surface area contributed by atoms with Crippen molar-refractivity contribution in [3.8, 4) is 11.5 Å². The van der Waals surface area contributed by atoms with E-state index in [1.807, 2.05) is 31.2 Å². The van der Waals surface area contributed by atoms with Crippen molar-refractivity contribution in [1.82, 2.24) is 0 Å². The lowest BCUT2D eigenvalue weighted by Gasteiger charge is -2.37. The van der Waals surface area contributed by atoms with E-state index in [-0.39, 0.29) is 6.04 Å². The molecule has 1 aliphatic heterocycles. The van der Waals surface area contributed by atoms with Crippen molar-refractivity contribution >= 4 is 5.69 Å². The van der Waals surface area contributed by atoms with E-state index in [2.05, 4.69) is 29.6 Å². The monoisotopic (exact) mass is 307 g/mol. The Morgan fingerprint density at radius 2 is 2.00 bits per heavy atom. The zero-order valence-electron chi connectivity index (χ0n) is 13.2. The minimum absolute atomic E-state index is 0.280. The Bertz CT molecular complexity index is 736. The predicted molar refractivity (Wildman–Crippen MR) is 92.1 cm³/mol. The van der Waals surface area contributed by atoms with Crippen LogP contribution in [0.4, 0.5) is 5.69 Å². The van der Waals surface area contributed by atoms with E-state index in [0.29, 0.717) is 24.2 Å². The quantitative estimate of drug-likeness (QED) is 0.642. The van der Waals surface area contributed by atoms with Crippen LogP contribution in [-0.4, -0.2) is 11.7 Å². The normalized spacial score (nSPS) is 24.7. The Kier molecular flexibility index (Phi) is 3.49. The van der Waals surface area contributed by atoms with E-state index in [1.165, 1.54) is 11.1 Å². The number of rotatable bonds is 3. The number of ether oxygens (including phenoxy) is 1. The van der Waals surface area contributed by atoms with E-state index in [4.69, 9.17) is 4.74 Å². The summed E-state index contributed by atoms with van der Waals surface area (Å²) in [5.41, 5.74) is 3.60. The van der Waals surface area contributed by atoms with Gasteiger partial charge in [0.25, 0.3) is 0 Å². The molecule has 2 aliphatic rings. The van der Waals surface area contributed by atoms with Crippen molar-refractivity contribution in [3.05, 3.63) is 65.7 Å². The van der Waals surface area contributed by atoms with E-state index in [9.17, 15) is 5.11 Å². The molecule has 0 bridgehead atoms. The molecule has 2 aromatic carbocycles. The Hall–Kier alpha value is -2.42. The molecule has 0 saturated carbocycles. The average molecular weight is 307 g/mol. The van der Waals surface area contributed by atoms with E-state index < -0.39 is 0 Å². The number of anilines is 1. The van der Waals surface area contributed by atoms with Crippen LogP contribution in [0.5, 0.6) is 11.5 Å². The molecule has 0 fully saturated rings. The second-order valence-corrected chi connectivity index (χ2v) is 6.25. The van der Waals surface area contributed by atoms with Crippen LogP contribution in [0.1, 0.15) is 36.4 Å². The standard InChI is InChI=1S/C20H21NO2/c1-2-23-15-9-6-13(7-10-15)20-17-5-3-4-16(17)18-12-14(22)8-11-19(18)21-20/h3-4,6-12,16-17,20-22H,2,5H2,1H3. The van der Waals surface area contributed by atoms with Crippen molar-refractivity contribution in [1.29, 1.82) is 0 Å². The molecule has 3 heteroatoms.